The summed E-state index contributed by atoms with van der Waals surface area (Å²) < 4.78 is 11.8. The van der Waals surface area contributed by atoms with Gasteiger partial charge < -0.3 is 19.2 Å². The van der Waals surface area contributed by atoms with Crippen LogP contribution in [0, 0.1) is 0 Å². The van der Waals surface area contributed by atoms with Gasteiger partial charge in [0.15, 0.2) is 11.5 Å². The number of nitrogens with zero attached hydrogens (tertiary/aromatic N) is 2. The van der Waals surface area contributed by atoms with Gasteiger partial charge in [-0.15, -0.1) is 0 Å². The third-order valence-corrected chi connectivity index (χ3v) is 6.22. The van der Waals surface area contributed by atoms with E-state index >= 15 is 0 Å². The summed E-state index contributed by atoms with van der Waals surface area (Å²) in [6, 6.07) is 18.6. The lowest BCUT2D eigenvalue weighted by atomic mass is 9.98. The molecule has 1 aliphatic rings. The number of carbonyl (C=O) groups is 2. The van der Waals surface area contributed by atoms with Gasteiger partial charge in [0, 0.05) is 22.6 Å². The molecule has 7 nitrogen and oxygen atoms in total. The molecule has 4 aromatic rings. The highest BCUT2D eigenvalue weighted by atomic mass is 79.9. The van der Waals surface area contributed by atoms with Gasteiger partial charge in [-0.2, -0.15) is 0 Å². The fourth-order valence-electron chi connectivity index (χ4n) is 4.08. The molecule has 1 aliphatic heterocycles. The van der Waals surface area contributed by atoms with Crippen LogP contribution in [0.3, 0.4) is 0 Å². The maximum absolute atomic E-state index is 13.6. The normalized spacial score (nSPS) is 15.9. The van der Waals surface area contributed by atoms with Crippen molar-refractivity contribution in [3.8, 4) is 5.75 Å². The first-order chi connectivity index (χ1) is 16.5. The predicted octanol–water partition coefficient (Wildman–Crippen LogP) is 5.38. The van der Waals surface area contributed by atoms with Crippen molar-refractivity contribution in [3.05, 3.63) is 106 Å². The lowest BCUT2D eigenvalue weighted by Gasteiger charge is -2.26. The minimum atomic E-state index is -0.872. The molecule has 34 heavy (non-hydrogen) atoms. The second-order valence-electron chi connectivity index (χ2n) is 7.82. The number of amides is 1. The van der Waals surface area contributed by atoms with E-state index < -0.39 is 23.5 Å². The molecular formula is C26H19BrN2O5. The molecule has 0 aliphatic carbocycles. The summed E-state index contributed by atoms with van der Waals surface area (Å²) in [4.78, 5) is 32.6. The molecule has 1 atom stereocenters. The van der Waals surface area contributed by atoms with E-state index in [2.05, 4.69) is 20.9 Å². The summed E-state index contributed by atoms with van der Waals surface area (Å²) in [5.74, 6) is -1.09. The van der Waals surface area contributed by atoms with Gasteiger partial charge in [0.2, 0.25) is 5.78 Å². The van der Waals surface area contributed by atoms with E-state index in [1.807, 2.05) is 24.3 Å². The number of methoxy groups -OCH3 is 1. The molecule has 3 heterocycles. The number of halogens is 1. The molecule has 0 radical (unpaired) electrons. The van der Waals surface area contributed by atoms with E-state index in [0.29, 0.717) is 17.0 Å². The van der Waals surface area contributed by atoms with E-state index in [1.165, 1.54) is 4.90 Å². The molecule has 8 heteroatoms. The van der Waals surface area contributed by atoms with Crippen molar-refractivity contribution in [2.75, 3.05) is 7.11 Å². The molecular weight excluding hydrogens is 500 g/mol. The Bertz CT molecular complexity index is 1430. The highest BCUT2D eigenvalue weighted by Gasteiger charge is 2.45. The smallest absolute Gasteiger partial charge is 0.290 e. The lowest BCUT2D eigenvalue weighted by molar-refractivity contribution is -0.130. The number of aromatic nitrogens is 1. The fourth-order valence-corrected chi connectivity index (χ4v) is 4.46. The number of fused-ring (bicyclic) bond motifs is 1. The number of aliphatic hydroxyl groups is 1. The molecule has 5 rings (SSSR count). The average molecular weight is 519 g/mol. The van der Waals surface area contributed by atoms with Crippen molar-refractivity contribution < 1.29 is 23.8 Å². The van der Waals surface area contributed by atoms with Crippen LogP contribution >= 0.6 is 15.9 Å². The van der Waals surface area contributed by atoms with Crippen LogP contribution in [-0.2, 0) is 11.3 Å². The first kappa shape index (κ1) is 21.9. The Balaban J connectivity index is 1.56. The zero-order valence-electron chi connectivity index (χ0n) is 18.1. The van der Waals surface area contributed by atoms with Crippen LogP contribution in [0.5, 0.6) is 5.75 Å². The molecule has 0 fully saturated rings. The van der Waals surface area contributed by atoms with Crippen LogP contribution in [0.25, 0.3) is 11.0 Å². The summed E-state index contributed by atoms with van der Waals surface area (Å²) in [5, 5.41) is 11.6. The molecule has 0 spiro atoms. The third kappa shape index (κ3) is 3.86. The number of hydrogen-bond acceptors (Lipinski definition) is 6. The maximum atomic E-state index is 13.6. The Morgan fingerprint density at radius 3 is 2.65 bits per heavy atom. The number of ether oxygens (including phenoxy) is 1. The van der Waals surface area contributed by atoms with Gasteiger partial charge in [0.25, 0.3) is 5.91 Å². The first-order valence-corrected chi connectivity index (χ1v) is 11.3. The van der Waals surface area contributed by atoms with Crippen molar-refractivity contribution in [2.45, 2.75) is 12.6 Å². The zero-order valence-corrected chi connectivity index (χ0v) is 19.7. The van der Waals surface area contributed by atoms with Crippen LogP contribution in [0.15, 0.2) is 93.1 Å². The second kappa shape index (κ2) is 8.79. The summed E-state index contributed by atoms with van der Waals surface area (Å²) in [5.41, 5.74) is 1.75. The van der Waals surface area contributed by atoms with Crippen LogP contribution < -0.4 is 4.74 Å². The second-order valence-corrected chi connectivity index (χ2v) is 8.74. The Labute approximate surface area is 203 Å². The van der Waals surface area contributed by atoms with Crippen molar-refractivity contribution in [2.24, 2.45) is 0 Å². The number of furan rings is 1. The van der Waals surface area contributed by atoms with Crippen molar-refractivity contribution in [1.82, 2.24) is 9.88 Å². The van der Waals surface area contributed by atoms with Crippen LogP contribution in [0.2, 0.25) is 0 Å². The summed E-state index contributed by atoms with van der Waals surface area (Å²) >= 11 is 3.41. The van der Waals surface area contributed by atoms with Crippen LogP contribution in [0.1, 0.15) is 27.9 Å². The molecule has 2 aromatic carbocycles. The topological polar surface area (TPSA) is 92.9 Å². The molecule has 0 saturated carbocycles. The number of hydrogen-bond donors (Lipinski definition) is 1. The van der Waals surface area contributed by atoms with Gasteiger partial charge in [-0.25, -0.2) is 0 Å². The SMILES string of the molecule is COc1ccc(CN2C(=O)C(O)=C(C(=O)c3cc4cc(Br)ccc4o3)C2c2ccccn2)cc1. The van der Waals surface area contributed by atoms with E-state index in [4.69, 9.17) is 9.15 Å². The highest BCUT2D eigenvalue weighted by Crippen LogP contribution is 2.40. The quantitative estimate of drug-likeness (QED) is 0.344. The molecule has 0 saturated heterocycles. The van der Waals surface area contributed by atoms with Gasteiger partial charge in [0.1, 0.15) is 17.4 Å². The number of pyridine rings is 1. The van der Waals surface area contributed by atoms with Gasteiger partial charge in [-0.05, 0) is 54.1 Å². The summed E-state index contributed by atoms with van der Waals surface area (Å²) in [6.07, 6.45) is 1.58. The van der Waals surface area contributed by atoms with Crippen molar-refractivity contribution in [3.63, 3.8) is 0 Å². The standard InChI is InChI=1S/C26H19BrN2O5/c1-33-18-8-5-15(6-9-18)14-29-23(19-4-2-3-11-28-19)22(25(31)26(29)32)24(30)21-13-16-12-17(27)7-10-20(16)34-21/h2-13,23,31H,14H2,1H3. The van der Waals surface area contributed by atoms with Gasteiger partial charge >= 0.3 is 0 Å². The fraction of sp³-hybridized carbons (Fsp3) is 0.115. The molecule has 2 aromatic heterocycles. The van der Waals surface area contributed by atoms with Gasteiger partial charge in [0.05, 0.1) is 18.4 Å². The molecule has 170 valence electrons. The summed E-state index contributed by atoms with van der Waals surface area (Å²) in [7, 11) is 1.58. The lowest BCUT2D eigenvalue weighted by Crippen LogP contribution is -2.31. The largest absolute Gasteiger partial charge is 0.503 e. The van der Waals surface area contributed by atoms with E-state index in [9.17, 15) is 14.7 Å². The Morgan fingerprint density at radius 2 is 1.94 bits per heavy atom. The predicted molar refractivity (Wildman–Crippen MR) is 128 cm³/mol. The summed E-state index contributed by atoms with van der Waals surface area (Å²) in [6.45, 7) is 0.165. The zero-order chi connectivity index (χ0) is 23.8. The number of benzene rings is 2. The van der Waals surface area contributed by atoms with E-state index in [1.54, 1.807) is 55.8 Å². The number of rotatable bonds is 6. The highest BCUT2D eigenvalue weighted by molar-refractivity contribution is 9.10. The molecule has 0 bridgehead atoms. The first-order valence-electron chi connectivity index (χ1n) is 10.5. The minimum Gasteiger partial charge on any atom is -0.503 e. The Kier molecular flexibility index (Phi) is 5.67. The van der Waals surface area contributed by atoms with Gasteiger partial charge in [-0.3, -0.25) is 14.6 Å². The molecule has 1 amide bonds. The monoisotopic (exact) mass is 518 g/mol. The van der Waals surface area contributed by atoms with Crippen molar-refractivity contribution in [1.29, 1.82) is 0 Å². The Morgan fingerprint density at radius 1 is 1.15 bits per heavy atom. The van der Waals surface area contributed by atoms with Crippen LogP contribution in [0.4, 0.5) is 0 Å². The Hall–Kier alpha value is -3.91. The van der Waals surface area contributed by atoms with E-state index in [-0.39, 0.29) is 17.9 Å². The van der Waals surface area contributed by atoms with Crippen LogP contribution in [-0.4, -0.2) is 33.8 Å². The maximum Gasteiger partial charge on any atom is 0.290 e. The number of ketones is 1. The average Bonchev–Trinajstić information content (AvgIpc) is 3.39. The number of aliphatic hydroxyl groups excluding tert-OH is 1. The number of carbonyl (C=O) groups excluding carboxylic acids is 2. The minimum absolute atomic E-state index is 0.0367. The number of Topliss-reactive ketones (excluding diaryl/α,β-unsaturated/α-hetero) is 1. The van der Waals surface area contributed by atoms with Gasteiger partial charge in [-0.1, -0.05) is 34.1 Å². The molecule has 1 unspecified atom stereocenters. The van der Waals surface area contributed by atoms with E-state index in [0.717, 1.165) is 15.4 Å². The third-order valence-electron chi connectivity index (χ3n) is 5.73. The van der Waals surface area contributed by atoms with Crippen molar-refractivity contribution >= 4 is 38.6 Å². The molecule has 1 N–H and O–H groups in total.